The van der Waals surface area contributed by atoms with Crippen molar-refractivity contribution in [2.75, 3.05) is 13.2 Å². The molecule has 1 aromatic carbocycles. The molecular formula is C27H41IN2O6Si. The first-order valence-electron chi connectivity index (χ1n) is 12.8. The Hall–Kier alpha value is -1.66. The number of carbonyl (C=O) groups excluding carboxylic acids is 3. The first kappa shape index (κ1) is 29.9. The summed E-state index contributed by atoms with van der Waals surface area (Å²) in [5.74, 6) is -0.0729. The Bertz CT molecular complexity index is 1010. The second kappa shape index (κ2) is 10.8. The Balaban J connectivity index is 1.98. The highest BCUT2D eigenvalue weighted by Gasteiger charge is 2.62. The molecule has 2 amide bonds. The second-order valence-corrected chi connectivity index (χ2v) is 20.1. The molecule has 0 saturated carbocycles. The molecule has 206 valence electrons. The van der Waals surface area contributed by atoms with Crippen molar-refractivity contribution in [3.63, 3.8) is 0 Å². The van der Waals surface area contributed by atoms with Crippen LogP contribution in [0.25, 0.3) is 0 Å². The summed E-state index contributed by atoms with van der Waals surface area (Å²) in [6.07, 6.45) is -1.06. The lowest BCUT2D eigenvalue weighted by atomic mass is 9.94. The van der Waals surface area contributed by atoms with Crippen molar-refractivity contribution >= 4 is 48.6 Å². The summed E-state index contributed by atoms with van der Waals surface area (Å²) in [5, 5.41) is 0. The normalized spacial score (nSPS) is 25.9. The molecule has 1 aromatic rings. The number of hydrogen-bond donors (Lipinski definition) is 0. The van der Waals surface area contributed by atoms with E-state index >= 15 is 0 Å². The molecule has 8 nitrogen and oxygen atoms in total. The van der Waals surface area contributed by atoms with E-state index in [1.165, 1.54) is 4.90 Å². The predicted molar refractivity (Wildman–Crippen MR) is 154 cm³/mol. The molecule has 2 heterocycles. The van der Waals surface area contributed by atoms with E-state index < -0.39 is 47.3 Å². The summed E-state index contributed by atoms with van der Waals surface area (Å²) in [5.41, 5.74) is -0.706. The molecule has 0 spiro atoms. The summed E-state index contributed by atoms with van der Waals surface area (Å²) >= 11 is 2.16. The quantitative estimate of drug-likeness (QED) is 0.167. The summed E-state index contributed by atoms with van der Waals surface area (Å²) in [6, 6.07) is 10.2. The molecule has 0 bridgehead atoms. The minimum atomic E-state index is -1.40. The van der Waals surface area contributed by atoms with Gasteiger partial charge in [-0.1, -0.05) is 72.6 Å². The third kappa shape index (κ3) is 7.26. The molecule has 0 aromatic heterocycles. The van der Waals surface area contributed by atoms with Crippen molar-refractivity contribution in [2.45, 2.75) is 100 Å². The second-order valence-electron chi connectivity index (χ2n) is 12.6. The van der Waals surface area contributed by atoms with Gasteiger partial charge in [-0.05, 0) is 52.6 Å². The molecule has 3 rings (SSSR count). The van der Waals surface area contributed by atoms with Gasteiger partial charge in [0.05, 0.1) is 19.2 Å². The topological polar surface area (TPSA) is 85.4 Å². The molecule has 2 aliphatic heterocycles. The number of ether oxygens (including phenoxy) is 3. The van der Waals surface area contributed by atoms with E-state index in [2.05, 4.69) is 42.2 Å². The molecule has 0 radical (unpaired) electrons. The highest BCUT2D eigenvalue weighted by Crippen LogP contribution is 2.48. The van der Waals surface area contributed by atoms with Crippen LogP contribution < -0.4 is 0 Å². The number of Topliss-reactive ketones (excluding diaryl/α,β-unsaturated/α-hetero) is 1. The van der Waals surface area contributed by atoms with Crippen molar-refractivity contribution in [3.8, 4) is 0 Å². The van der Waals surface area contributed by atoms with Crippen LogP contribution in [0.2, 0.25) is 25.7 Å². The van der Waals surface area contributed by atoms with Gasteiger partial charge in [-0.15, -0.1) is 0 Å². The molecule has 3 atom stereocenters. The SMILES string of the molecule is CC(C)(C)OC(=O)N1CC(=O)CC1(I)[C@@H]1OC(C)(C)N(C(=O)OCC[Si](C)(C)C)[C@H]1Cc1ccccc1. The number of rotatable bonds is 6. The van der Waals surface area contributed by atoms with Gasteiger partial charge in [0.2, 0.25) is 0 Å². The fourth-order valence-electron chi connectivity index (χ4n) is 4.81. The van der Waals surface area contributed by atoms with Gasteiger partial charge < -0.3 is 14.2 Å². The monoisotopic (exact) mass is 644 g/mol. The average molecular weight is 645 g/mol. The maximum absolute atomic E-state index is 13.5. The summed E-state index contributed by atoms with van der Waals surface area (Å²) in [4.78, 5) is 42.7. The lowest BCUT2D eigenvalue weighted by Crippen LogP contribution is -2.57. The van der Waals surface area contributed by atoms with E-state index in [9.17, 15) is 14.4 Å². The van der Waals surface area contributed by atoms with E-state index in [-0.39, 0.29) is 18.7 Å². The van der Waals surface area contributed by atoms with Gasteiger partial charge in [0.25, 0.3) is 0 Å². The van der Waals surface area contributed by atoms with Crippen LogP contribution >= 0.6 is 22.6 Å². The van der Waals surface area contributed by atoms with Gasteiger partial charge >= 0.3 is 12.2 Å². The van der Waals surface area contributed by atoms with E-state index in [0.29, 0.717) is 13.0 Å². The zero-order valence-corrected chi connectivity index (χ0v) is 26.5. The summed E-state index contributed by atoms with van der Waals surface area (Å²) < 4.78 is 17.0. The molecule has 1 unspecified atom stereocenters. The van der Waals surface area contributed by atoms with Gasteiger partial charge in [0.1, 0.15) is 21.0 Å². The minimum absolute atomic E-state index is 0.0587. The number of ketones is 1. The maximum atomic E-state index is 13.5. The fraction of sp³-hybridized carbons (Fsp3) is 0.667. The van der Waals surface area contributed by atoms with Crippen LogP contribution in [0.15, 0.2) is 30.3 Å². The molecule has 10 heteroatoms. The van der Waals surface area contributed by atoms with Crippen LogP contribution in [0.5, 0.6) is 0 Å². The first-order chi connectivity index (χ1) is 16.9. The van der Waals surface area contributed by atoms with Crippen LogP contribution in [0.4, 0.5) is 9.59 Å². The van der Waals surface area contributed by atoms with Gasteiger partial charge in [-0.2, -0.15) is 0 Å². The van der Waals surface area contributed by atoms with Gasteiger partial charge in [0.15, 0.2) is 5.78 Å². The Morgan fingerprint density at radius 3 is 2.32 bits per heavy atom. The number of benzene rings is 1. The van der Waals surface area contributed by atoms with Gasteiger partial charge in [0, 0.05) is 14.5 Å². The van der Waals surface area contributed by atoms with E-state index in [4.69, 9.17) is 14.2 Å². The van der Waals surface area contributed by atoms with Crippen molar-refractivity contribution in [2.24, 2.45) is 0 Å². The predicted octanol–water partition coefficient (Wildman–Crippen LogP) is 5.85. The summed E-state index contributed by atoms with van der Waals surface area (Å²) in [6.45, 7) is 16.0. The molecular weight excluding hydrogens is 603 g/mol. The van der Waals surface area contributed by atoms with Gasteiger partial charge in [-0.3, -0.25) is 14.6 Å². The smallest absolute Gasteiger partial charge is 0.412 e. The third-order valence-corrected chi connectivity index (χ3v) is 9.80. The minimum Gasteiger partial charge on any atom is -0.450 e. The first-order valence-corrected chi connectivity index (χ1v) is 17.6. The Labute approximate surface area is 235 Å². The highest BCUT2D eigenvalue weighted by atomic mass is 127. The Morgan fingerprint density at radius 2 is 1.76 bits per heavy atom. The number of amides is 2. The Morgan fingerprint density at radius 1 is 1.14 bits per heavy atom. The van der Waals surface area contributed by atoms with Crippen LogP contribution in [-0.2, 0) is 25.4 Å². The van der Waals surface area contributed by atoms with Crippen molar-refractivity contribution in [1.82, 2.24) is 9.80 Å². The van der Waals surface area contributed by atoms with Crippen molar-refractivity contribution in [1.29, 1.82) is 0 Å². The lowest BCUT2D eigenvalue weighted by molar-refractivity contribution is -0.117. The highest BCUT2D eigenvalue weighted by molar-refractivity contribution is 14.1. The van der Waals surface area contributed by atoms with Crippen molar-refractivity contribution in [3.05, 3.63) is 35.9 Å². The number of carbonyl (C=O) groups is 3. The standard InChI is InChI=1S/C27H41IN2O6Si/c1-25(2,3)36-23(32)29-18-20(31)17-27(29,28)22-21(16-19-12-10-9-11-13-19)30(26(4,5)35-22)24(33)34-14-15-37(6,7)8/h9-13,21-22H,14-18H2,1-8H3/t21-,22+,27?/m0/s1. The van der Waals surface area contributed by atoms with Crippen LogP contribution in [0.1, 0.15) is 46.6 Å². The molecule has 2 fully saturated rings. The maximum Gasteiger partial charge on any atom is 0.412 e. The average Bonchev–Trinajstić information content (AvgIpc) is 3.19. The molecule has 2 saturated heterocycles. The zero-order chi connectivity index (χ0) is 27.8. The number of nitrogens with zero attached hydrogens (tertiary/aromatic N) is 2. The van der Waals surface area contributed by atoms with E-state index in [1.54, 1.807) is 25.7 Å². The largest absolute Gasteiger partial charge is 0.450 e. The number of alkyl halides is 1. The zero-order valence-electron chi connectivity index (χ0n) is 23.3. The van der Waals surface area contributed by atoms with Crippen LogP contribution in [-0.4, -0.2) is 76.0 Å². The number of likely N-dealkylation sites (tertiary alicyclic amines) is 1. The number of halogens is 1. The molecule has 2 aliphatic rings. The number of hydrogen-bond acceptors (Lipinski definition) is 6. The van der Waals surface area contributed by atoms with Crippen LogP contribution in [0.3, 0.4) is 0 Å². The molecule has 37 heavy (non-hydrogen) atoms. The van der Waals surface area contributed by atoms with Crippen LogP contribution in [0, 0.1) is 0 Å². The van der Waals surface area contributed by atoms with E-state index in [0.717, 1.165) is 11.6 Å². The van der Waals surface area contributed by atoms with E-state index in [1.807, 2.05) is 44.2 Å². The summed E-state index contributed by atoms with van der Waals surface area (Å²) in [7, 11) is -1.40. The Kier molecular flexibility index (Phi) is 8.75. The molecule has 0 aliphatic carbocycles. The fourth-order valence-corrected chi connectivity index (χ4v) is 6.86. The molecule has 0 N–H and O–H groups in total. The third-order valence-electron chi connectivity index (χ3n) is 6.52. The van der Waals surface area contributed by atoms with Crippen molar-refractivity contribution < 1.29 is 28.6 Å². The van der Waals surface area contributed by atoms with Gasteiger partial charge in [-0.25, -0.2) is 9.59 Å². The lowest BCUT2D eigenvalue weighted by Gasteiger charge is -2.40.